The number of hydrogen-bond acceptors (Lipinski definition) is 8. The molecule has 2 aromatic rings. The Bertz CT molecular complexity index is 804. The first-order valence-corrected chi connectivity index (χ1v) is 11.0. The molecule has 8 heteroatoms. The van der Waals surface area contributed by atoms with Gasteiger partial charge in [0.25, 0.3) is 0 Å². The number of aromatic nitrogens is 1. The molecule has 1 aromatic heterocycles. The first-order valence-electron chi connectivity index (χ1n) is 11.0. The van der Waals surface area contributed by atoms with E-state index in [2.05, 4.69) is 4.98 Å². The van der Waals surface area contributed by atoms with E-state index in [-0.39, 0.29) is 13.2 Å². The van der Waals surface area contributed by atoms with Crippen molar-refractivity contribution < 1.29 is 34.6 Å². The monoisotopic (exact) mass is 435 g/mol. The fourth-order valence-corrected chi connectivity index (χ4v) is 3.58. The summed E-state index contributed by atoms with van der Waals surface area (Å²) in [4.78, 5) is 4.30. The van der Waals surface area contributed by atoms with Gasteiger partial charge in [0.15, 0.2) is 0 Å². The number of fused-ring (bicyclic) bond motifs is 1. The van der Waals surface area contributed by atoms with Gasteiger partial charge < -0.3 is 34.6 Å². The molecule has 0 saturated carbocycles. The molecule has 1 aliphatic heterocycles. The lowest BCUT2D eigenvalue weighted by Gasteiger charge is -2.41. The van der Waals surface area contributed by atoms with Gasteiger partial charge in [-0.1, -0.05) is 31.7 Å². The molecule has 1 aliphatic rings. The Morgan fingerprint density at radius 2 is 1.74 bits per heavy atom. The minimum Gasteiger partial charge on any atom is -0.494 e. The highest BCUT2D eigenvalue weighted by atomic mass is 16.7. The smallest absolute Gasteiger partial charge is 0.219 e. The van der Waals surface area contributed by atoms with Gasteiger partial charge in [0, 0.05) is 18.2 Å². The van der Waals surface area contributed by atoms with Gasteiger partial charge in [-0.05, 0) is 37.1 Å². The van der Waals surface area contributed by atoms with Crippen LogP contribution >= 0.6 is 0 Å². The Hall–Kier alpha value is -1.81. The minimum absolute atomic E-state index is 0.250. The molecule has 1 fully saturated rings. The highest BCUT2D eigenvalue weighted by molar-refractivity contribution is 5.79. The van der Waals surface area contributed by atoms with Crippen molar-refractivity contribution in [2.24, 2.45) is 0 Å². The number of aliphatic hydroxyl groups is 4. The van der Waals surface area contributed by atoms with Crippen LogP contribution in [0, 0.1) is 0 Å². The van der Waals surface area contributed by atoms with Crippen LogP contribution in [0.5, 0.6) is 5.75 Å². The Morgan fingerprint density at radius 3 is 2.55 bits per heavy atom. The molecular weight excluding hydrogens is 402 g/mol. The summed E-state index contributed by atoms with van der Waals surface area (Å²) in [5, 5.41) is 40.2. The molecule has 2 heterocycles. The van der Waals surface area contributed by atoms with Crippen LogP contribution in [0.3, 0.4) is 0 Å². The van der Waals surface area contributed by atoms with E-state index in [1.165, 1.54) is 0 Å². The zero-order valence-corrected chi connectivity index (χ0v) is 17.7. The molecule has 3 rings (SSSR count). The van der Waals surface area contributed by atoms with Gasteiger partial charge in [-0.15, -0.1) is 0 Å². The van der Waals surface area contributed by atoms with Crippen LogP contribution < -0.4 is 4.74 Å². The summed E-state index contributed by atoms with van der Waals surface area (Å²) in [5.41, 5.74) is 0.965. The van der Waals surface area contributed by atoms with Gasteiger partial charge >= 0.3 is 0 Å². The average Bonchev–Trinajstić information content (AvgIpc) is 2.79. The molecule has 0 bridgehead atoms. The summed E-state index contributed by atoms with van der Waals surface area (Å²) in [5.74, 6) is -1.12. The van der Waals surface area contributed by atoms with Crippen LogP contribution in [0.4, 0.5) is 0 Å². The van der Waals surface area contributed by atoms with E-state index >= 15 is 0 Å². The zero-order chi connectivity index (χ0) is 22.1. The molecular formula is C23H33NO7. The largest absolute Gasteiger partial charge is 0.494 e. The number of pyridine rings is 1. The van der Waals surface area contributed by atoms with E-state index in [0.717, 1.165) is 55.2 Å². The van der Waals surface area contributed by atoms with Crippen LogP contribution in [0.25, 0.3) is 10.9 Å². The van der Waals surface area contributed by atoms with Crippen LogP contribution in [0.1, 0.15) is 38.5 Å². The Labute approximate surface area is 182 Å². The highest BCUT2D eigenvalue weighted by Gasteiger charge is 2.48. The highest BCUT2D eigenvalue weighted by Crippen LogP contribution is 2.24. The van der Waals surface area contributed by atoms with Gasteiger partial charge in [0.2, 0.25) is 5.79 Å². The van der Waals surface area contributed by atoms with E-state index in [1.54, 1.807) is 6.20 Å². The first-order chi connectivity index (χ1) is 15.0. The normalized spacial score (nSPS) is 26.3. The Kier molecular flexibility index (Phi) is 9.01. The lowest BCUT2D eigenvalue weighted by molar-refractivity contribution is -0.335. The van der Waals surface area contributed by atoms with Crippen molar-refractivity contribution in [1.82, 2.24) is 4.98 Å². The van der Waals surface area contributed by atoms with Crippen molar-refractivity contribution in [2.45, 2.75) is 62.6 Å². The van der Waals surface area contributed by atoms with Gasteiger partial charge in [-0.2, -0.15) is 0 Å². The molecule has 1 aromatic carbocycles. The predicted octanol–water partition coefficient (Wildman–Crippen LogP) is 1.77. The molecule has 0 radical (unpaired) electrons. The summed E-state index contributed by atoms with van der Waals surface area (Å²) < 4.78 is 16.3. The number of rotatable bonds is 12. The topological polar surface area (TPSA) is 122 Å². The van der Waals surface area contributed by atoms with Crippen molar-refractivity contribution in [2.75, 3.05) is 26.4 Å². The van der Waals surface area contributed by atoms with Crippen molar-refractivity contribution in [3.8, 4) is 5.75 Å². The third-order valence-corrected chi connectivity index (χ3v) is 5.52. The van der Waals surface area contributed by atoms with E-state index in [1.807, 2.05) is 30.3 Å². The molecule has 4 atom stereocenters. The second-order valence-electron chi connectivity index (χ2n) is 8.04. The molecule has 0 unspecified atom stereocenters. The van der Waals surface area contributed by atoms with Crippen LogP contribution in [-0.2, 0) is 9.47 Å². The standard InChI is InChI=1S/C23H33NO7/c25-20-15-31-23(28,22(27)21(20)26)16-29-12-5-3-1-2-4-6-13-30-18-9-10-19-17(14-18)8-7-11-24-19/h7-11,14,20-22,25-28H,1-6,12-13,15-16H2/t20-,21-,22+,23-/m1/s1. The number of ether oxygens (including phenoxy) is 3. The molecule has 8 nitrogen and oxygen atoms in total. The summed E-state index contributed by atoms with van der Waals surface area (Å²) in [7, 11) is 0. The van der Waals surface area contributed by atoms with Crippen molar-refractivity contribution in [1.29, 1.82) is 0 Å². The SMILES string of the molecule is O[C@@H]1[C@H](O)CO[C@](O)(COCCCCCCCCOc2ccc3ncccc3c2)[C@H]1O. The lowest BCUT2D eigenvalue weighted by atomic mass is 9.97. The molecule has 0 aliphatic carbocycles. The number of aliphatic hydroxyl groups excluding tert-OH is 3. The Morgan fingerprint density at radius 1 is 1.00 bits per heavy atom. The third kappa shape index (κ3) is 6.83. The number of unbranched alkanes of at least 4 members (excludes halogenated alkanes) is 5. The van der Waals surface area contributed by atoms with Crippen LogP contribution in [0.2, 0.25) is 0 Å². The number of nitrogens with zero attached hydrogens (tertiary/aromatic N) is 1. The molecule has 0 spiro atoms. The van der Waals surface area contributed by atoms with Gasteiger partial charge in [0.05, 0.1) is 18.7 Å². The quantitative estimate of drug-likeness (QED) is 0.372. The summed E-state index contributed by atoms with van der Waals surface area (Å²) in [6.07, 6.45) is 3.62. The number of hydrogen-bond donors (Lipinski definition) is 4. The predicted molar refractivity (Wildman–Crippen MR) is 115 cm³/mol. The second-order valence-corrected chi connectivity index (χ2v) is 8.04. The maximum Gasteiger partial charge on any atom is 0.219 e. The maximum absolute atomic E-state index is 10.2. The maximum atomic E-state index is 10.2. The van der Waals surface area contributed by atoms with E-state index in [4.69, 9.17) is 14.2 Å². The van der Waals surface area contributed by atoms with E-state index in [0.29, 0.717) is 13.2 Å². The second kappa shape index (κ2) is 11.7. The first kappa shape index (κ1) is 23.8. The van der Waals surface area contributed by atoms with E-state index in [9.17, 15) is 20.4 Å². The van der Waals surface area contributed by atoms with E-state index < -0.39 is 24.1 Å². The fraction of sp³-hybridized carbons (Fsp3) is 0.609. The van der Waals surface area contributed by atoms with Crippen LogP contribution in [0.15, 0.2) is 36.5 Å². The molecule has 0 amide bonds. The van der Waals surface area contributed by atoms with Crippen molar-refractivity contribution >= 4 is 10.9 Å². The summed E-state index contributed by atoms with van der Waals surface area (Å²) in [6, 6.07) is 9.88. The molecule has 31 heavy (non-hydrogen) atoms. The number of benzene rings is 1. The van der Waals surface area contributed by atoms with Gasteiger partial charge in [0.1, 0.15) is 30.7 Å². The summed E-state index contributed by atoms with van der Waals surface area (Å²) in [6.45, 7) is 0.618. The zero-order valence-electron chi connectivity index (χ0n) is 17.7. The summed E-state index contributed by atoms with van der Waals surface area (Å²) >= 11 is 0. The Balaban J connectivity index is 1.18. The third-order valence-electron chi connectivity index (χ3n) is 5.52. The lowest BCUT2D eigenvalue weighted by Crippen LogP contribution is -2.62. The average molecular weight is 436 g/mol. The van der Waals surface area contributed by atoms with Crippen molar-refractivity contribution in [3.05, 3.63) is 36.5 Å². The minimum atomic E-state index is -1.99. The van der Waals surface area contributed by atoms with Gasteiger partial charge in [-0.25, -0.2) is 0 Å². The van der Waals surface area contributed by atoms with Crippen LogP contribution in [-0.4, -0.2) is 75.9 Å². The fourth-order valence-electron chi connectivity index (χ4n) is 3.58. The molecule has 1 saturated heterocycles. The molecule has 4 N–H and O–H groups in total. The van der Waals surface area contributed by atoms with Crippen molar-refractivity contribution in [3.63, 3.8) is 0 Å². The molecule has 172 valence electrons. The van der Waals surface area contributed by atoms with Gasteiger partial charge in [-0.3, -0.25) is 4.98 Å².